The molecular formula is C18H11Cl2N3O. The highest BCUT2D eigenvalue weighted by molar-refractivity contribution is 6.32. The topological polar surface area (TPSA) is 51.8 Å². The van der Waals surface area contributed by atoms with Crippen molar-refractivity contribution < 1.29 is 4.52 Å². The lowest BCUT2D eigenvalue weighted by molar-refractivity contribution is 0.432. The van der Waals surface area contributed by atoms with E-state index in [-0.39, 0.29) is 10.3 Å². The molecule has 6 heteroatoms. The lowest BCUT2D eigenvalue weighted by Crippen LogP contribution is -1.84. The number of aryl methyl sites for hydroxylation is 1. The van der Waals surface area contributed by atoms with Crippen LogP contribution in [0.15, 0.2) is 53.1 Å². The van der Waals surface area contributed by atoms with E-state index in [1.54, 1.807) is 12.1 Å². The summed E-state index contributed by atoms with van der Waals surface area (Å²) in [5.74, 6) is 0.858. The van der Waals surface area contributed by atoms with Gasteiger partial charge in [-0.25, -0.2) is 4.98 Å². The van der Waals surface area contributed by atoms with Gasteiger partial charge in [-0.05, 0) is 35.9 Å². The molecule has 0 saturated carbocycles. The summed E-state index contributed by atoms with van der Waals surface area (Å²) in [6.45, 7) is 2.07. The molecule has 4 nitrogen and oxygen atoms in total. The Morgan fingerprint density at radius 1 is 0.792 bits per heavy atom. The van der Waals surface area contributed by atoms with Gasteiger partial charge in [0.25, 0.3) is 5.89 Å². The second kappa shape index (κ2) is 5.89. The smallest absolute Gasteiger partial charge is 0.258 e. The molecule has 118 valence electrons. The maximum Gasteiger partial charge on any atom is 0.258 e. The third-order valence-electron chi connectivity index (χ3n) is 3.69. The normalized spacial score (nSPS) is 11.1. The van der Waals surface area contributed by atoms with E-state index < -0.39 is 0 Å². The first-order valence-corrected chi connectivity index (χ1v) is 8.02. The zero-order chi connectivity index (χ0) is 16.7. The van der Waals surface area contributed by atoms with Crippen LogP contribution in [0, 0.1) is 6.92 Å². The molecule has 0 aliphatic rings. The van der Waals surface area contributed by atoms with E-state index in [2.05, 4.69) is 40.2 Å². The van der Waals surface area contributed by atoms with Crippen LogP contribution in [0.5, 0.6) is 0 Å². The summed E-state index contributed by atoms with van der Waals surface area (Å²) in [7, 11) is 0. The molecule has 0 N–H and O–H groups in total. The molecule has 2 aromatic heterocycles. The van der Waals surface area contributed by atoms with E-state index in [4.69, 9.17) is 27.7 Å². The van der Waals surface area contributed by atoms with Crippen LogP contribution in [-0.2, 0) is 0 Å². The highest BCUT2D eigenvalue weighted by Gasteiger charge is 2.13. The summed E-state index contributed by atoms with van der Waals surface area (Å²) in [4.78, 5) is 8.34. The van der Waals surface area contributed by atoms with Gasteiger partial charge < -0.3 is 4.52 Å². The van der Waals surface area contributed by atoms with E-state index in [1.165, 1.54) is 10.9 Å². The molecule has 24 heavy (non-hydrogen) atoms. The number of hydrogen-bond acceptors (Lipinski definition) is 4. The predicted molar refractivity (Wildman–Crippen MR) is 95.2 cm³/mol. The van der Waals surface area contributed by atoms with Gasteiger partial charge in [0, 0.05) is 11.1 Å². The minimum atomic E-state index is 0.276. The molecule has 0 saturated heterocycles. The second-order valence-corrected chi connectivity index (χ2v) is 6.26. The van der Waals surface area contributed by atoms with E-state index in [9.17, 15) is 0 Å². The van der Waals surface area contributed by atoms with Crippen LogP contribution in [0.1, 0.15) is 5.56 Å². The molecule has 0 atom stereocenters. The number of aromatic nitrogens is 3. The van der Waals surface area contributed by atoms with Crippen LogP contribution >= 0.6 is 23.2 Å². The Morgan fingerprint density at radius 3 is 2.29 bits per heavy atom. The van der Waals surface area contributed by atoms with Crippen molar-refractivity contribution in [2.45, 2.75) is 6.92 Å². The molecule has 0 bridgehead atoms. The molecule has 0 aliphatic heterocycles. The standard InChI is InChI=1S/C18H11Cl2N3O/c1-10-2-3-12-7-13(5-4-11(12)6-10)17-22-18(24-23-17)14-8-15(19)21-16(20)9-14/h2-9H,1H3. The van der Waals surface area contributed by atoms with Crippen molar-refractivity contribution in [3.8, 4) is 22.8 Å². The van der Waals surface area contributed by atoms with E-state index in [0.717, 1.165) is 10.9 Å². The summed E-state index contributed by atoms with van der Waals surface area (Å²) in [6, 6.07) is 15.6. The quantitative estimate of drug-likeness (QED) is 0.441. The monoisotopic (exact) mass is 355 g/mol. The predicted octanol–water partition coefficient (Wildman–Crippen LogP) is 5.57. The summed E-state index contributed by atoms with van der Waals surface area (Å²) >= 11 is 11.8. The summed E-state index contributed by atoms with van der Waals surface area (Å²) in [5.41, 5.74) is 2.74. The number of benzene rings is 2. The minimum Gasteiger partial charge on any atom is -0.334 e. The maximum atomic E-state index is 5.92. The fraction of sp³-hybridized carbons (Fsp3) is 0.0556. The van der Waals surface area contributed by atoms with Crippen molar-refractivity contribution in [2.75, 3.05) is 0 Å². The molecule has 2 aromatic carbocycles. The average molecular weight is 356 g/mol. The Balaban J connectivity index is 1.75. The number of hydrogen-bond donors (Lipinski definition) is 0. The first-order chi connectivity index (χ1) is 11.6. The minimum absolute atomic E-state index is 0.276. The van der Waals surface area contributed by atoms with Crippen LogP contribution in [0.4, 0.5) is 0 Å². The largest absolute Gasteiger partial charge is 0.334 e. The number of pyridine rings is 1. The summed E-state index contributed by atoms with van der Waals surface area (Å²) in [5, 5.41) is 6.91. The first kappa shape index (κ1) is 15.1. The van der Waals surface area contributed by atoms with Crippen LogP contribution in [-0.4, -0.2) is 15.1 Å². The highest BCUT2D eigenvalue weighted by atomic mass is 35.5. The van der Waals surface area contributed by atoms with Crippen molar-refractivity contribution >= 4 is 34.0 Å². The van der Waals surface area contributed by atoms with Crippen molar-refractivity contribution in [3.63, 3.8) is 0 Å². The van der Waals surface area contributed by atoms with Crippen molar-refractivity contribution in [2.24, 2.45) is 0 Å². The van der Waals surface area contributed by atoms with Gasteiger partial charge in [-0.2, -0.15) is 4.98 Å². The zero-order valence-electron chi connectivity index (χ0n) is 12.6. The maximum absolute atomic E-state index is 5.92. The molecule has 0 radical (unpaired) electrons. The van der Waals surface area contributed by atoms with Gasteiger partial charge in [-0.15, -0.1) is 0 Å². The van der Waals surface area contributed by atoms with Gasteiger partial charge in [-0.1, -0.05) is 64.3 Å². The molecule has 4 aromatic rings. The third-order valence-corrected chi connectivity index (χ3v) is 4.08. The molecule has 0 fully saturated rings. The van der Waals surface area contributed by atoms with Gasteiger partial charge in [0.1, 0.15) is 10.3 Å². The Kier molecular flexibility index (Phi) is 3.71. The fourth-order valence-corrected chi connectivity index (χ4v) is 3.01. The van der Waals surface area contributed by atoms with Crippen molar-refractivity contribution in [1.29, 1.82) is 0 Å². The zero-order valence-corrected chi connectivity index (χ0v) is 14.1. The van der Waals surface area contributed by atoms with E-state index >= 15 is 0 Å². The van der Waals surface area contributed by atoms with E-state index in [1.807, 2.05) is 18.2 Å². The van der Waals surface area contributed by atoms with Crippen molar-refractivity contribution in [1.82, 2.24) is 15.1 Å². The summed E-state index contributed by atoms with van der Waals surface area (Å²) < 4.78 is 5.34. The Hall–Kier alpha value is -2.43. The van der Waals surface area contributed by atoms with E-state index in [0.29, 0.717) is 17.3 Å². The fourth-order valence-electron chi connectivity index (χ4n) is 2.55. The highest BCUT2D eigenvalue weighted by Crippen LogP contribution is 2.27. The van der Waals surface area contributed by atoms with Crippen LogP contribution < -0.4 is 0 Å². The molecular weight excluding hydrogens is 345 g/mol. The SMILES string of the molecule is Cc1ccc2cc(-c3noc(-c4cc(Cl)nc(Cl)c4)n3)ccc2c1. The van der Waals surface area contributed by atoms with Gasteiger partial charge in [0.2, 0.25) is 5.82 Å². The van der Waals surface area contributed by atoms with Gasteiger partial charge >= 0.3 is 0 Å². The number of rotatable bonds is 2. The Morgan fingerprint density at radius 2 is 1.50 bits per heavy atom. The Bertz CT molecular complexity index is 1040. The van der Waals surface area contributed by atoms with Crippen LogP contribution in [0.25, 0.3) is 33.6 Å². The third kappa shape index (κ3) is 2.86. The van der Waals surface area contributed by atoms with Crippen LogP contribution in [0.3, 0.4) is 0 Å². The lowest BCUT2D eigenvalue weighted by Gasteiger charge is -2.01. The summed E-state index contributed by atoms with van der Waals surface area (Å²) in [6.07, 6.45) is 0. The Labute approximate surface area is 148 Å². The molecule has 0 spiro atoms. The first-order valence-electron chi connectivity index (χ1n) is 7.26. The number of nitrogens with zero attached hydrogens (tertiary/aromatic N) is 3. The molecule has 0 aliphatic carbocycles. The molecule has 0 amide bonds. The van der Waals surface area contributed by atoms with Gasteiger partial charge in [0.15, 0.2) is 0 Å². The average Bonchev–Trinajstić information content (AvgIpc) is 3.03. The van der Waals surface area contributed by atoms with Gasteiger partial charge in [-0.3, -0.25) is 0 Å². The van der Waals surface area contributed by atoms with Crippen LogP contribution in [0.2, 0.25) is 10.3 Å². The number of halogens is 2. The van der Waals surface area contributed by atoms with Crippen molar-refractivity contribution in [3.05, 3.63) is 64.4 Å². The van der Waals surface area contributed by atoms with Gasteiger partial charge in [0.05, 0.1) is 0 Å². The second-order valence-electron chi connectivity index (χ2n) is 5.49. The molecule has 2 heterocycles. The molecule has 4 rings (SSSR count). The molecule has 0 unspecified atom stereocenters. The lowest BCUT2D eigenvalue weighted by atomic mass is 10.0. The number of fused-ring (bicyclic) bond motifs is 1.